The first-order chi connectivity index (χ1) is 9.01. The topological polar surface area (TPSA) is 12.0 Å². The standard InChI is InChI=1S/C16H23F2N/c1-10-6-11(2)8-12(7-10)16(19-3)14-5-4-13(17)9-15(14)18/h4-5,9-12,16,19H,6-8H2,1-3H3. The van der Waals surface area contributed by atoms with Gasteiger partial charge in [0.05, 0.1) is 0 Å². The Kier molecular flexibility index (Phi) is 4.56. The lowest BCUT2D eigenvalue weighted by molar-refractivity contribution is 0.178. The van der Waals surface area contributed by atoms with Crippen LogP contribution in [0.5, 0.6) is 0 Å². The third-order valence-corrected chi connectivity index (χ3v) is 4.29. The molecule has 1 aromatic carbocycles. The Balaban J connectivity index is 2.23. The van der Waals surface area contributed by atoms with Gasteiger partial charge in [0.25, 0.3) is 0 Å². The van der Waals surface area contributed by atoms with E-state index in [1.807, 2.05) is 7.05 Å². The van der Waals surface area contributed by atoms with Crippen LogP contribution < -0.4 is 5.32 Å². The van der Waals surface area contributed by atoms with Crippen LogP contribution in [0.2, 0.25) is 0 Å². The molecule has 0 radical (unpaired) electrons. The van der Waals surface area contributed by atoms with Gasteiger partial charge in [-0.2, -0.15) is 0 Å². The summed E-state index contributed by atoms with van der Waals surface area (Å²) in [7, 11) is 1.86. The second-order valence-corrected chi connectivity index (χ2v) is 6.11. The summed E-state index contributed by atoms with van der Waals surface area (Å²) in [5.41, 5.74) is 0.593. The molecule has 3 atom stereocenters. The predicted octanol–water partition coefficient (Wildman–Crippen LogP) is 4.30. The zero-order chi connectivity index (χ0) is 14.0. The highest BCUT2D eigenvalue weighted by Crippen LogP contribution is 2.40. The molecule has 0 spiro atoms. The van der Waals surface area contributed by atoms with E-state index in [2.05, 4.69) is 19.2 Å². The molecule has 0 saturated heterocycles. The van der Waals surface area contributed by atoms with Crippen molar-refractivity contribution in [3.05, 3.63) is 35.4 Å². The van der Waals surface area contributed by atoms with Gasteiger partial charge < -0.3 is 5.32 Å². The minimum absolute atomic E-state index is 0.0224. The summed E-state index contributed by atoms with van der Waals surface area (Å²) in [5.74, 6) is 0.816. The normalized spacial score (nSPS) is 29.2. The van der Waals surface area contributed by atoms with Crippen molar-refractivity contribution in [3.8, 4) is 0 Å². The van der Waals surface area contributed by atoms with Crippen LogP contribution in [0, 0.1) is 29.4 Å². The summed E-state index contributed by atoms with van der Waals surface area (Å²) < 4.78 is 27.0. The first kappa shape index (κ1) is 14.4. The van der Waals surface area contributed by atoms with Crippen molar-refractivity contribution < 1.29 is 8.78 Å². The first-order valence-corrected chi connectivity index (χ1v) is 7.13. The molecule has 19 heavy (non-hydrogen) atoms. The molecule has 0 aliphatic heterocycles. The third kappa shape index (κ3) is 3.33. The molecule has 1 saturated carbocycles. The van der Waals surface area contributed by atoms with Crippen LogP contribution in [0.4, 0.5) is 8.78 Å². The SMILES string of the molecule is CNC(c1ccc(F)cc1F)C1CC(C)CC(C)C1. The van der Waals surface area contributed by atoms with E-state index in [9.17, 15) is 8.78 Å². The molecule has 1 aliphatic carbocycles. The summed E-state index contributed by atoms with van der Waals surface area (Å²) in [4.78, 5) is 0. The van der Waals surface area contributed by atoms with Gasteiger partial charge in [-0.1, -0.05) is 19.9 Å². The lowest BCUT2D eigenvalue weighted by Crippen LogP contribution is -2.32. The fraction of sp³-hybridized carbons (Fsp3) is 0.625. The maximum Gasteiger partial charge on any atom is 0.130 e. The molecule has 1 aromatic rings. The number of benzene rings is 1. The second-order valence-electron chi connectivity index (χ2n) is 6.11. The zero-order valence-corrected chi connectivity index (χ0v) is 11.9. The number of hydrogen-bond acceptors (Lipinski definition) is 1. The van der Waals surface area contributed by atoms with E-state index >= 15 is 0 Å². The number of rotatable bonds is 3. The van der Waals surface area contributed by atoms with E-state index in [1.165, 1.54) is 12.5 Å². The Bertz CT molecular complexity index is 423. The van der Waals surface area contributed by atoms with E-state index < -0.39 is 11.6 Å². The quantitative estimate of drug-likeness (QED) is 0.861. The van der Waals surface area contributed by atoms with Gasteiger partial charge in [0.1, 0.15) is 11.6 Å². The summed E-state index contributed by atoms with van der Waals surface area (Å²) >= 11 is 0. The Morgan fingerprint density at radius 1 is 1.11 bits per heavy atom. The van der Waals surface area contributed by atoms with Crippen molar-refractivity contribution in [2.24, 2.45) is 17.8 Å². The van der Waals surface area contributed by atoms with Gasteiger partial charge >= 0.3 is 0 Å². The maximum absolute atomic E-state index is 14.0. The van der Waals surface area contributed by atoms with Crippen molar-refractivity contribution in [1.82, 2.24) is 5.32 Å². The molecular formula is C16H23F2N. The molecule has 1 N–H and O–H groups in total. The van der Waals surface area contributed by atoms with Crippen LogP contribution in [0.25, 0.3) is 0 Å². The lowest BCUT2D eigenvalue weighted by atomic mass is 9.72. The number of nitrogens with one attached hydrogen (secondary N) is 1. The van der Waals surface area contributed by atoms with Crippen molar-refractivity contribution in [1.29, 1.82) is 0 Å². The van der Waals surface area contributed by atoms with Crippen LogP contribution in [0.3, 0.4) is 0 Å². The van der Waals surface area contributed by atoms with Crippen molar-refractivity contribution in [2.45, 2.75) is 39.2 Å². The van der Waals surface area contributed by atoms with E-state index in [-0.39, 0.29) is 6.04 Å². The summed E-state index contributed by atoms with van der Waals surface area (Å²) in [6.07, 6.45) is 3.46. The molecular weight excluding hydrogens is 244 g/mol. The van der Waals surface area contributed by atoms with Gasteiger partial charge in [0, 0.05) is 17.7 Å². The molecule has 2 rings (SSSR count). The Hall–Kier alpha value is -0.960. The Morgan fingerprint density at radius 2 is 1.74 bits per heavy atom. The monoisotopic (exact) mass is 267 g/mol. The highest BCUT2D eigenvalue weighted by atomic mass is 19.1. The largest absolute Gasteiger partial charge is 0.313 e. The fourth-order valence-corrected chi connectivity index (χ4v) is 3.68. The minimum atomic E-state index is -0.513. The van der Waals surface area contributed by atoms with Crippen molar-refractivity contribution >= 4 is 0 Å². The van der Waals surface area contributed by atoms with Gasteiger partial charge in [-0.15, -0.1) is 0 Å². The van der Waals surface area contributed by atoms with Crippen LogP contribution in [-0.2, 0) is 0 Å². The lowest BCUT2D eigenvalue weighted by Gasteiger charge is -2.36. The van der Waals surface area contributed by atoms with Crippen LogP contribution in [0.1, 0.15) is 44.7 Å². The van der Waals surface area contributed by atoms with E-state index in [0.717, 1.165) is 18.9 Å². The van der Waals surface area contributed by atoms with Crippen LogP contribution in [0.15, 0.2) is 18.2 Å². The van der Waals surface area contributed by atoms with E-state index in [4.69, 9.17) is 0 Å². The highest BCUT2D eigenvalue weighted by molar-refractivity contribution is 5.23. The molecule has 1 nitrogen and oxygen atoms in total. The number of halogens is 2. The predicted molar refractivity (Wildman–Crippen MR) is 73.8 cm³/mol. The van der Waals surface area contributed by atoms with Gasteiger partial charge in [0.15, 0.2) is 0 Å². The smallest absolute Gasteiger partial charge is 0.130 e. The first-order valence-electron chi connectivity index (χ1n) is 7.13. The van der Waals surface area contributed by atoms with Crippen molar-refractivity contribution in [3.63, 3.8) is 0 Å². The highest BCUT2D eigenvalue weighted by Gasteiger charge is 2.31. The molecule has 0 aromatic heterocycles. The average molecular weight is 267 g/mol. The molecule has 1 fully saturated rings. The summed E-state index contributed by atoms with van der Waals surface area (Å²) in [6, 6.07) is 3.88. The summed E-state index contributed by atoms with van der Waals surface area (Å²) in [6.45, 7) is 4.52. The zero-order valence-electron chi connectivity index (χ0n) is 11.9. The van der Waals surface area contributed by atoms with Gasteiger partial charge in [-0.25, -0.2) is 8.78 Å². The molecule has 3 unspecified atom stereocenters. The van der Waals surface area contributed by atoms with E-state index in [0.29, 0.717) is 23.3 Å². The van der Waals surface area contributed by atoms with Gasteiger partial charge in [-0.3, -0.25) is 0 Å². The Morgan fingerprint density at radius 3 is 2.26 bits per heavy atom. The molecule has 0 amide bonds. The average Bonchev–Trinajstić information content (AvgIpc) is 2.31. The second kappa shape index (κ2) is 6.00. The molecule has 0 heterocycles. The molecule has 0 bridgehead atoms. The van der Waals surface area contributed by atoms with Crippen LogP contribution in [-0.4, -0.2) is 7.05 Å². The minimum Gasteiger partial charge on any atom is -0.313 e. The number of hydrogen-bond donors (Lipinski definition) is 1. The van der Waals surface area contributed by atoms with Gasteiger partial charge in [-0.05, 0) is 50.1 Å². The van der Waals surface area contributed by atoms with Crippen LogP contribution >= 0.6 is 0 Å². The summed E-state index contributed by atoms with van der Waals surface area (Å²) in [5, 5.41) is 3.23. The molecule has 1 aliphatic rings. The molecule has 3 heteroatoms. The third-order valence-electron chi connectivity index (χ3n) is 4.29. The van der Waals surface area contributed by atoms with Gasteiger partial charge in [0.2, 0.25) is 0 Å². The van der Waals surface area contributed by atoms with E-state index in [1.54, 1.807) is 6.07 Å². The fourth-order valence-electron chi connectivity index (χ4n) is 3.68. The molecule has 106 valence electrons. The van der Waals surface area contributed by atoms with Crippen molar-refractivity contribution in [2.75, 3.05) is 7.05 Å². The maximum atomic E-state index is 14.0. The Labute approximate surface area is 114 Å².